The Morgan fingerprint density at radius 2 is 2.03 bits per heavy atom. The van der Waals surface area contributed by atoms with Crippen molar-refractivity contribution in [3.05, 3.63) is 34.9 Å². The van der Waals surface area contributed by atoms with Crippen molar-refractivity contribution < 1.29 is 23.9 Å². The third kappa shape index (κ3) is 3.93. The molecule has 0 aliphatic carbocycles. The van der Waals surface area contributed by atoms with Crippen LogP contribution in [0, 0.1) is 0 Å². The highest BCUT2D eigenvalue weighted by atomic mass is 16.5. The first-order valence-corrected chi connectivity index (χ1v) is 9.93. The predicted molar refractivity (Wildman–Crippen MR) is 102 cm³/mol. The molecule has 3 aliphatic heterocycles. The molecule has 0 aromatic heterocycles. The van der Waals surface area contributed by atoms with E-state index < -0.39 is 23.8 Å². The molecule has 1 aromatic rings. The normalized spacial score (nSPS) is 24.6. The zero-order valence-electron chi connectivity index (χ0n) is 16.0. The van der Waals surface area contributed by atoms with Crippen LogP contribution in [0.2, 0.25) is 0 Å². The van der Waals surface area contributed by atoms with E-state index in [0.29, 0.717) is 24.3 Å². The number of carbonyl (C=O) groups is 4. The summed E-state index contributed by atoms with van der Waals surface area (Å²) in [5, 5.41) is 8.80. The minimum Gasteiger partial charge on any atom is -0.376 e. The standard InChI is InChI=1S/C20H24N4O5/c25-16-5-4-15(18(26)23-16)24-19(27)14-3-1-2-12(17(14)20(24)28)10-21-7-6-13-11-22-8-9-29-13/h1-3,13,15,21-22H,4-11H2,(H,23,25,26). The highest BCUT2D eigenvalue weighted by Gasteiger charge is 2.45. The molecule has 9 nitrogen and oxygen atoms in total. The molecule has 0 spiro atoms. The molecule has 0 bridgehead atoms. The number of rotatable bonds is 6. The molecule has 154 valence electrons. The molecule has 2 atom stereocenters. The number of amides is 4. The van der Waals surface area contributed by atoms with Crippen molar-refractivity contribution in [2.24, 2.45) is 0 Å². The number of hydrogen-bond acceptors (Lipinski definition) is 7. The fourth-order valence-electron chi connectivity index (χ4n) is 4.02. The number of nitrogens with zero attached hydrogens (tertiary/aromatic N) is 1. The number of morpholine rings is 1. The average molecular weight is 400 g/mol. The SMILES string of the molecule is O=C1CCC(N2C(=O)c3cccc(CNCCC4CNCCO4)c3C2=O)C(=O)N1. The highest BCUT2D eigenvalue weighted by molar-refractivity contribution is 6.24. The average Bonchev–Trinajstić information content (AvgIpc) is 2.98. The van der Waals surface area contributed by atoms with Crippen LogP contribution in [0.4, 0.5) is 0 Å². The van der Waals surface area contributed by atoms with Crippen LogP contribution in [0.1, 0.15) is 45.5 Å². The van der Waals surface area contributed by atoms with Crippen LogP contribution in [0.15, 0.2) is 18.2 Å². The van der Waals surface area contributed by atoms with Gasteiger partial charge in [-0.3, -0.25) is 29.4 Å². The monoisotopic (exact) mass is 400 g/mol. The number of carbonyl (C=O) groups excluding carboxylic acids is 4. The first-order valence-electron chi connectivity index (χ1n) is 9.93. The molecule has 2 unspecified atom stereocenters. The number of ether oxygens (including phenoxy) is 1. The number of imide groups is 2. The Labute approximate surface area is 168 Å². The molecular weight excluding hydrogens is 376 g/mol. The number of hydrogen-bond donors (Lipinski definition) is 3. The third-order valence-corrected chi connectivity index (χ3v) is 5.52. The fourth-order valence-corrected chi connectivity index (χ4v) is 4.02. The van der Waals surface area contributed by atoms with E-state index in [1.807, 2.05) is 6.07 Å². The summed E-state index contributed by atoms with van der Waals surface area (Å²) < 4.78 is 5.66. The summed E-state index contributed by atoms with van der Waals surface area (Å²) in [7, 11) is 0. The molecular formula is C20H24N4O5. The van der Waals surface area contributed by atoms with Gasteiger partial charge >= 0.3 is 0 Å². The van der Waals surface area contributed by atoms with E-state index in [1.54, 1.807) is 12.1 Å². The van der Waals surface area contributed by atoms with Crippen molar-refractivity contribution in [1.29, 1.82) is 0 Å². The van der Waals surface area contributed by atoms with E-state index in [4.69, 9.17) is 4.74 Å². The molecule has 3 N–H and O–H groups in total. The quantitative estimate of drug-likeness (QED) is 0.438. The molecule has 4 rings (SSSR count). The Morgan fingerprint density at radius 3 is 2.79 bits per heavy atom. The maximum Gasteiger partial charge on any atom is 0.262 e. The second-order valence-corrected chi connectivity index (χ2v) is 7.45. The Kier molecular flexibility index (Phi) is 5.70. The first kappa shape index (κ1) is 19.7. The summed E-state index contributed by atoms with van der Waals surface area (Å²) in [5.74, 6) is -1.94. The summed E-state index contributed by atoms with van der Waals surface area (Å²) in [6, 6.07) is 4.20. The summed E-state index contributed by atoms with van der Waals surface area (Å²) >= 11 is 0. The van der Waals surface area contributed by atoms with Gasteiger partial charge < -0.3 is 15.4 Å². The summed E-state index contributed by atoms with van der Waals surface area (Å²) in [5.41, 5.74) is 1.36. The third-order valence-electron chi connectivity index (χ3n) is 5.52. The van der Waals surface area contributed by atoms with Crippen LogP contribution in [-0.2, 0) is 20.9 Å². The van der Waals surface area contributed by atoms with Crippen molar-refractivity contribution in [1.82, 2.24) is 20.9 Å². The second-order valence-electron chi connectivity index (χ2n) is 7.45. The lowest BCUT2D eigenvalue weighted by Gasteiger charge is -2.27. The predicted octanol–water partition coefficient (Wildman–Crippen LogP) is -0.444. The maximum absolute atomic E-state index is 13.0. The molecule has 0 radical (unpaired) electrons. The van der Waals surface area contributed by atoms with Crippen molar-refractivity contribution >= 4 is 23.6 Å². The van der Waals surface area contributed by atoms with E-state index in [0.717, 1.165) is 36.5 Å². The summed E-state index contributed by atoms with van der Waals surface area (Å²) in [6.07, 6.45) is 1.27. The van der Waals surface area contributed by atoms with Gasteiger partial charge in [0.1, 0.15) is 6.04 Å². The highest BCUT2D eigenvalue weighted by Crippen LogP contribution is 2.29. The van der Waals surface area contributed by atoms with E-state index in [1.165, 1.54) is 0 Å². The number of fused-ring (bicyclic) bond motifs is 1. The van der Waals surface area contributed by atoms with Gasteiger partial charge in [-0.1, -0.05) is 12.1 Å². The van der Waals surface area contributed by atoms with Crippen LogP contribution in [-0.4, -0.2) is 66.9 Å². The zero-order valence-corrected chi connectivity index (χ0v) is 16.0. The lowest BCUT2D eigenvalue weighted by atomic mass is 10.0. The Balaban J connectivity index is 1.43. The zero-order chi connectivity index (χ0) is 20.4. The molecule has 9 heteroatoms. The number of piperidine rings is 1. The van der Waals surface area contributed by atoms with E-state index in [9.17, 15) is 19.2 Å². The molecule has 0 saturated carbocycles. The van der Waals surface area contributed by atoms with E-state index >= 15 is 0 Å². The molecule has 3 heterocycles. The molecule has 29 heavy (non-hydrogen) atoms. The Morgan fingerprint density at radius 1 is 1.17 bits per heavy atom. The van der Waals surface area contributed by atoms with Gasteiger partial charge in [-0.05, 0) is 31.0 Å². The summed E-state index contributed by atoms with van der Waals surface area (Å²) in [6.45, 7) is 3.57. The van der Waals surface area contributed by atoms with E-state index in [2.05, 4.69) is 16.0 Å². The van der Waals surface area contributed by atoms with Gasteiger partial charge in [0.05, 0.1) is 23.8 Å². The number of benzene rings is 1. The molecule has 3 aliphatic rings. The molecule has 1 aromatic carbocycles. The van der Waals surface area contributed by atoms with Gasteiger partial charge in [-0.15, -0.1) is 0 Å². The maximum atomic E-state index is 13.0. The van der Waals surface area contributed by atoms with Crippen LogP contribution in [0.25, 0.3) is 0 Å². The van der Waals surface area contributed by atoms with Crippen LogP contribution < -0.4 is 16.0 Å². The van der Waals surface area contributed by atoms with Crippen molar-refractivity contribution in [2.45, 2.75) is 38.0 Å². The van der Waals surface area contributed by atoms with Gasteiger partial charge in [0, 0.05) is 26.1 Å². The van der Waals surface area contributed by atoms with Crippen molar-refractivity contribution in [2.75, 3.05) is 26.2 Å². The smallest absolute Gasteiger partial charge is 0.262 e. The molecule has 4 amide bonds. The second kappa shape index (κ2) is 8.40. The largest absolute Gasteiger partial charge is 0.376 e. The molecule has 2 fully saturated rings. The summed E-state index contributed by atoms with van der Waals surface area (Å²) in [4.78, 5) is 50.4. The first-order chi connectivity index (χ1) is 14.1. The van der Waals surface area contributed by atoms with Crippen LogP contribution in [0.3, 0.4) is 0 Å². The van der Waals surface area contributed by atoms with Crippen LogP contribution >= 0.6 is 0 Å². The fraction of sp³-hybridized carbons (Fsp3) is 0.500. The minimum atomic E-state index is -0.947. The van der Waals surface area contributed by atoms with Gasteiger partial charge in [0.2, 0.25) is 11.8 Å². The lowest BCUT2D eigenvalue weighted by Crippen LogP contribution is -2.54. The van der Waals surface area contributed by atoms with Crippen molar-refractivity contribution in [3.63, 3.8) is 0 Å². The van der Waals surface area contributed by atoms with Gasteiger partial charge in [-0.2, -0.15) is 0 Å². The Hall–Kier alpha value is -2.62. The van der Waals surface area contributed by atoms with Crippen molar-refractivity contribution in [3.8, 4) is 0 Å². The van der Waals surface area contributed by atoms with Gasteiger partial charge in [0.25, 0.3) is 11.8 Å². The van der Waals surface area contributed by atoms with Gasteiger partial charge in [0.15, 0.2) is 0 Å². The van der Waals surface area contributed by atoms with Gasteiger partial charge in [-0.25, -0.2) is 0 Å². The minimum absolute atomic E-state index is 0.107. The number of nitrogens with one attached hydrogen (secondary N) is 3. The molecule has 2 saturated heterocycles. The van der Waals surface area contributed by atoms with E-state index in [-0.39, 0.29) is 24.9 Å². The topological polar surface area (TPSA) is 117 Å². The lowest BCUT2D eigenvalue weighted by molar-refractivity contribution is -0.136. The van der Waals surface area contributed by atoms with Crippen LogP contribution in [0.5, 0.6) is 0 Å². The Bertz CT molecular complexity index is 849.